The summed E-state index contributed by atoms with van der Waals surface area (Å²) in [7, 11) is 0. The highest BCUT2D eigenvalue weighted by Crippen LogP contribution is 2.38. The van der Waals surface area contributed by atoms with E-state index in [4.69, 9.17) is 16.3 Å². The van der Waals surface area contributed by atoms with Crippen LogP contribution >= 0.6 is 11.6 Å². The van der Waals surface area contributed by atoms with Gasteiger partial charge in [-0.05, 0) is 29.9 Å². The van der Waals surface area contributed by atoms with Gasteiger partial charge >= 0.3 is 0 Å². The van der Waals surface area contributed by atoms with E-state index in [-0.39, 0.29) is 16.9 Å². The molecule has 18 heavy (non-hydrogen) atoms. The topological polar surface area (TPSA) is 9.23 Å². The maximum Gasteiger partial charge on any atom is 0.0638 e. The van der Waals surface area contributed by atoms with Crippen molar-refractivity contribution in [2.75, 3.05) is 6.61 Å². The standard InChI is InChI=1S/C16H23ClO/c1-11-14(9-10-18-11)15(17)12-5-7-13(8-6-12)16(2,3)4/h5-8,11,14-15H,9-10H2,1-4H3. The average Bonchev–Trinajstić information content (AvgIpc) is 2.73. The fraction of sp³-hybridized carbons (Fsp3) is 0.625. The first-order valence-corrected chi connectivity index (χ1v) is 7.19. The highest BCUT2D eigenvalue weighted by molar-refractivity contribution is 6.21. The van der Waals surface area contributed by atoms with E-state index in [1.54, 1.807) is 0 Å². The van der Waals surface area contributed by atoms with Gasteiger partial charge in [0.05, 0.1) is 11.5 Å². The number of rotatable bonds is 2. The molecule has 0 saturated carbocycles. The van der Waals surface area contributed by atoms with Crippen molar-refractivity contribution in [1.29, 1.82) is 0 Å². The average molecular weight is 267 g/mol. The minimum Gasteiger partial charge on any atom is -0.378 e. The highest BCUT2D eigenvalue weighted by atomic mass is 35.5. The molecule has 1 heterocycles. The van der Waals surface area contributed by atoms with Crippen LogP contribution in [0.15, 0.2) is 24.3 Å². The molecule has 1 aliphatic rings. The van der Waals surface area contributed by atoms with Gasteiger partial charge in [0.25, 0.3) is 0 Å². The van der Waals surface area contributed by atoms with E-state index < -0.39 is 0 Å². The third-order valence-corrected chi connectivity index (χ3v) is 4.48. The lowest BCUT2D eigenvalue weighted by atomic mass is 9.85. The molecule has 1 nitrogen and oxygen atoms in total. The summed E-state index contributed by atoms with van der Waals surface area (Å²) in [5.41, 5.74) is 2.77. The molecule has 1 saturated heterocycles. The molecule has 2 rings (SSSR count). The van der Waals surface area contributed by atoms with Crippen LogP contribution in [-0.4, -0.2) is 12.7 Å². The van der Waals surface area contributed by atoms with Crippen LogP contribution in [-0.2, 0) is 10.2 Å². The summed E-state index contributed by atoms with van der Waals surface area (Å²) >= 11 is 6.59. The minimum absolute atomic E-state index is 0.0662. The van der Waals surface area contributed by atoms with Crippen molar-refractivity contribution in [3.05, 3.63) is 35.4 Å². The monoisotopic (exact) mass is 266 g/mol. The van der Waals surface area contributed by atoms with Crippen molar-refractivity contribution in [1.82, 2.24) is 0 Å². The zero-order valence-electron chi connectivity index (χ0n) is 11.7. The van der Waals surface area contributed by atoms with Crippen LogP contribution in [0, 0.1) is 5.92 Å². The third kappa shape index (κ3) is 2.89. The first-order chi connectivity index (χ1) is 8.39. The van der Waals surface area contributed by atoms with E-state index in [0.29, 0.717) is 5.92 Å². The molecule has 0 spiro atoms. The van der Waals surface area contributed by atoms with Crippen LogP contribution in [0.4, 0.5) is 0 Å². The zero-order chi connectivity index (χ0) is 13.3. The second-order valence-corrected chi connectivity index (χ2v) is 6.77. The van der Waals surface area contributed by atoms with Crippen molar-refractivity contribution in [2.24, 2.45) is 5.92 Å². The fourth-order valence-electron chi connectivity index (χ4n) is 2.55. The maximum atomic E-state index is 6.59. The summed E-state index contributed by atoms with van der Waals surface area (Å²) in [5.74, 6) is 0.437. The molecule has 100 valence electrons. The van der Waals surface area contributed by atoms with E-state index in [0.717, 1.165) is 13.0 Å². The lowest BCUT2D eigenvalue weighted by molar-refractivity contribution is 0.105. The number of hydrogen-bond donors (Lipinski definition) is 0. The first-order valence-electron chi connectivity index (χ1n) is 6.75. The Balaban J connectivity index is 2.14. The Kier molecular flexibility index (Phi) is 4.03. The minimum atomic E-state index is 0.0662. The summed E-state index contributed by atoms with van der Waals surface area (Å²) in [4.78, 5) is 0. The van der Waals surface area contributed by atoms with Gasteiger partial charge in [-0.25, -0.2) is 0 Å². The summed E-state index contributed by atoms with van der Waals surface area (Å²) < 4.78 is 5.60. The predicted molar refractivity (Wildman–Crippen MR) is 77.3 cm³/mol. The predicted octanol–water partition coefficient (Wildman–Crippen LogP) is 4.69. The molecule has 0 radical (unpaired) electrons. The molecular formula is C16H23ClO. The van der Waals surface area contributed by atoms with E-state index in [9.17, 15) is 0 Å². The molecule has 0 amide bonds. The Morgan fingerprint density at radius 2 is 1.83 bits per heavy atom. The van der Waals surface area contributed by atoms with Gasteiger partial charge in [0.2, 0.25) is 0 Å². The molecule has 0 N–H and O–H groups in total. The van der Waals surface area contributed by atoms with Gasteiger partial charge in [-0.1, -0.05) is 45.0 Å². The van der Waals surface area contributed by atoms with E-state index >= 15 is 0 Å². The summed E-state index contributed by atoms with van der Waals surface area (Å²) in [6.45, 7) is 9.65. The quantitative estimate of drug-likeness (QED) is 0.706. The maximum absolute atomic E-state index is 6.59. The number of ether oxygens (including phenoxy) is 1. The summed E-state index contributed by atoms with van der Waals surface area (Å²) in [5, 5.41) is 0.0662. The molecule has 3 unspecified atom stereocenters. The Labute approximate surface area is 115 Å². The highest BCUT2D eigenvalue weighted by Gasteiger charge is 2.31. The Morgan fingerprint density at radius 3 is 2.28 bits per heavy atom. The lowest BCUT2D eigenvalue weighted by Gasteiger charge is -2.23. The van der Waals surface area contributed by atoms with Gasteiger partial charge in [-0.3, -0.25) is 0 Å². The molecule has 3 atom stereocenters. The number of hydrogen-bond acceptors (Lipinski definition) is 1. The SMILES string of the molecule is CC1OCCC1C(Cl)c1ccc(C(C)(C)C)cc1. The van der Waals surface area contributed by atoms with Crippen molar-refractivity contribution < 1.29 is 4.74 Å². The van der Waals surface area contributed by atoms with Gasteiger partial charge < -0.3 is 4.74 Å². The van der Waals surface area contributed by atoms with Crippen LogP contribution in [0.5, 0.6) is 0 Å². The first kappa shape index (κ1) is 13.9. The molecular weight excluding hydrogens is 244 g/mol. The molecule has 1 fully saturated rings. The number of benzene rings is 1. The summed E-state index contributed by atoms with van der Waals surface area (Å²) in [6.07, 6.45) is 1.34. The van der Waals surface area contributed by atoms with Crippen LogP contribution in [0.3, 0.4) is 0 Å². The van der Waals surface area contributed by atoms with Gasteiger partial charge in [-0.15, -0.1) is 11.6 Å². The Morgan fingerprint density at radius 1 is 1.22 bits per heavy atom. The van der Waals surface area contributed by atoms with Gasteiger partial charge in [0.15, 0.2) is 0 Å². The molecule has 0 aliphatic carbocycles. The molecule has 0 bridgehead atoms. The van der Waals surface area contributed by atoms with E-state index in [2.05, 4.69) is 52.0 Å². The van der Waals surface area contributed by atoms with Crippen LogP contribution < -0.4 is 0 Å². The number of alkyl halides is 1. The Hall–Kier alpha value is -0.530. The van der Waals surface area contributed by atoms with Crippen molar-refractivity contribution in [2.45, 2.75) is 51.0 Å². The van der Waals surface area contributed by atoms with Crippen molar-refractivity contribution in [3.63, 3.8) is 0 Å². The van der Waals surface area contributed by atoms with Gasteiger partial charge in [0, 0.05) is 12.5 Å². The molecule has 1 aliphatic heterocycles. The third-order valence-electron chi connectivity index (χ3n) is 3.91. The van der Waals surface area contributed by atoms with Gasteiger partial charge in [0.1, 0.15) is 0 Å². The lowest BCUT2D eigenvalue weighted by Crippen LogP contribution is -2.17. The van der Waals surface area contributed by atoms with Crippen LogP contribution in [0.1, 0.15) is 50.6 Å². The summed E-state index contributed by atoms with van der Waals surface area (Å²) in [6, 6.07) is 8.74. The zero-order valence-corrected chi connectivity index (χ0v) is 12.5. The second kappa shape index (κ2) is 5.22. The van der Waals surface area contributed by atoms with E-state index in [1.165, 1.54) is 11.1 Å². The van der Waals surface area contributed by atoms with Crippen molar-refractivity contribution in [3.8, 4) is 0 Å². The van der Waals surface area contributed by atoms with E-state index in [1.807, 2.05) is 0 Å². The molecule has 2 heteroatoms. The largest absolute Gasteiger partial charge is 0.378 e. The van der Waals surface area contributed by atoms with Crippen LogP contribution in [0.2, 0.25) is 0 Å². The fourth-order valence-corrected chi connectivity index (χ4v) is 3.02. The smallest absolute Gasteiger partial charge is 0.0638 e. The second-order valence-electron chi connectivity index (χ2n) is 6.30. The molecule has 1 aromatic rings. The molecule has 1 aromatic carbocycles. The van der Waals surface area contributed by atoms with Crippen LogP contribution in [0.25, 0.3) is 0 Å². The molecule has 0 aromatic heterocycles. The normalized spacial score (nSPS) is 26.3. The Bertz CT molecular complexity index is 391. The van der Waals surface area contributed by atoms with Gasteiger partial charge in [-0.2, -0.15) is 0 Å². The number of halogens is 1. The van der Waals surface area contributed by atoms with Crippen molar-refractivity contribution >= 4 is 11.6 Å².